The van der Waals surface area contributed by atoms with E-state index >= 15 is 0 Å². The molecule has 1 N–H and O–H groups in total. The topological polar surface area (TPSA) is 75.4 Å². The van der Waals surface area contributed by atoms with Crippen molar-refractivity contribution in [2.45, 2.75) is 39.8 Å². The van der Waals surface area contributed by atoms with Crippen molar-refractivity contribution in [1.29, 1.82) is 0 Å². The molecule has 0 spiro atoms. The molecule has 1 amide bonds. The van der Waals surface area contributed by atoms with Crippen LogP contribution in [0.3, 0.4) is 0 Å². The Morgan fingerprint density at radius 1 is 1.21 bits per heavy atom. The zero-order valence-electron chi connectivity index (χ0n) is 14.5. The average Bonchev–Trinajstić information content (AvgIpc) is 2.88. The minimum atomic E-state index is -1.04. The molecule has 0 atom stereocenters. The lowest BCUT2D eigenvalue weighted by molar-refractivity contribution is -0.137. The number of carbonyl (C=O) groups is 2. The SMILES string of the molecule is Cc1c(C(=O)N(CC(=O)O)Cc2ccccc2)cnn1C(C)(C)C. The maximum atomic E-state index is 12.9. The maximum Gasteiger partial charge on any atom is 0.323 e. The van der Waals surface area contributed by atoms with Crippen molar-refractivity contribution < 1.29 is 14.7 Å². The van der Waals surface area contributed by atoms with Gasteiger partial charge in [-0.15, -0.1) is 0 Å². The van der Waals surface area contributed by atoms with Gasteiger partial charge < -0.3 is 10.0 Å². The van der Waals surface area contributed by atoms with Crippen LogP contribution in [-0.4, -0.2) is 38.2 Å². The van der Waals surface area contributed by atoms with Crippen molar-refractivity contribution in [1.82, 2.24) is 14.7 Å². The molecule has 0 aliphatic carbocycles. The molecule has 2 aromatic rings. The molecule has 0 saturated carbocycles. The highest BCUT2D eigenvalue weighted by atomic mass is 16.4. The molecular weight excluding hydrogens is 306 g/mol. The largest absolute Gasteiger partial charge is 0.480 e. The van der Waals surface area contributed by atoms with E-state index in [0.717, 1.165) is 11.3 Å². The van der Waals surface area contributed by atoms with E-state index < -0.39 is 5.97 Å². The summed E-state index contributed by atoms with van der Waals surface area (Å²) in [6.07, 6.45) is 1.52. The van der Waals surface area contributed by atoms with Crippen molar-refractivity contribution in [3.05, 3.63) is 53.3 Å². The molecule has 0 saturated heterocycles. The van der Waals surface area contributed by atoms with Crippen LogP contribution in [-0.2, 0) is 16.9 Å². The molecule has 6 nitrogen and oxygen atoms in total. The number of carbonyl (C=O) groups excluding carboxylic acids is 1. The number of benzene rings is 1. The Labute approximate surface area is 141 Å². The second kappa shape index (κ2) is 6.86. The summed E-state index contributed by atoms with van der Waals surface area (Å²) in [5, 5.41) is 13.4. The van der Waals surface area contributed by atoms with E-state index in [9.17, 15) is 9.59 Å². The van der Waals surface area contributed by atoms with Crippen molar-refractivity contribution in [3.8, 4) is 0 Å². The third kappa shape index (κ3) is 4.01. The third-order valence-corrected chi connectivity index (χ3v) is 3.71. The Morgan fingerprint density at radius 3 is 2.33 bits per heavy atom. The lowest BCUT2D eigenvalue weighted by Gasteiger charge is -2.23. The normalized spacial score (nSPS) is 11.3. The zero-order chi connectivity index (χ0) is 17.9. The van der Waals surface area contributed by atoms with Gasteiger partial charge in [0.25, 0.3) is 5.91 Å². The Hall–Kier alpha value is -2.63. The van der Waals surface area contributed by atoms with Gasteiger partial charge in [0.15, 0.2) is 0 Å². The van der Waals surface area contributed by atoms with Gasteiger partial charge in [-0.25, -0.2) is 0 Å². The van der Waals surface area contributed by atoms with Gasteiger partial charge in [0.1, 0.15) is 6.54 Å². The number of rotatable bonds is 5. The van der Waals surface area contributed by atoms with Crippen LogP contribution in [0.2, 0.25) is 0 Å². The molecule has 2 rings (SSSR count). The summed E-state index contributed by atoms with van der Waals surface area (Å²) >= 11 is 0. The van der Waals surface area contributed by atoms with E-state index in [1.165, 1.54) is 11.1 Å². The first-order valence-electron chi connectivity index (χ1n) is 7.80. The van der Waals surface area contributed by atoms with Gasteiger partial charge >= 0.3 is 5.97 Å². The van der Waals surface area contributed by atoms with Gasteiger partial charge in [0.05, 0.1) is 17.3 Å². The van der Waals surface area contributed by atoms with Gasteiger partial charge in [-0.3, -0.25) is 14.3 Å². The molecule has 24 heavy (non-hydrogen) atoms. The lowest BCUT2D eigenvalue weighted by atomic mass is 10.1. The second-order valence-electron chi connectivity index (χ2n) is 6.77. The van der Waals surface area contributed by atoms with Crippen LogP contribution in [0, 0.1) is 6.92 Å². The Bertz CT molecular complexity index is 730. The highest BCUT2D eigenvalue weighted by Crippen LogP contribution is 2.20. The summed E-state index contributed by atoms with van der Waals surface area (Å²) in [6, 6.07) is 9.34. The Morgan fingerprint density at radius 2 is 1.83 bits per heavy atom. The highest BCUT2D eigenvalue weighted by Gasteiger charge is 2.25. The number of aromatic nitrogens is 2. The minimum absolute atomic E-state index is 0.242. The Kier molecular flexibility index (Phi) is 5.07. The third-order valence-electron chi connectivity index (χ3n) is 3.71. The lowest BCUT2D eigenvalue weighted by Crippen LogP contribution is -2.35. The van der Waals surface area contributed by atoms with Crippen molar-refractivity contribution >= 4 is 11.9 Å². The molecule has 1 aromatic carbocycles. The number of hydrogen-bond donors (Lipinski definition) is 1. The van der Waals surface area contributed by atoms with E-state index in [2.05, 4.69) is 5.10 Å². The van der Waals surface area contributed by atoms with E-state index in [4.69, 9.17) is 5.11 Å². The summed E-state index contributed by atoms with van der Waals surface area (Å²) in [5.41, 5.74) is 1.80. The number of aliphatic carboxylic acids is 1. The van der Waals surface area contributed by atoms with Crippen LogP contribution in [0.25, 0.3) is 0 Å². The van der Waals surface area contributed by atoms with Crippen molar-refractivity contribution in [2.75, 3.05) is 6.54 Å². The van der Waals surface area contributed by atoms with Gasteiger partial charge in [-0.1, -0.05) is 30.3 Å². The number of carboxylic acids is 1. The molecule has 128 valence electrons. The number of amides is 1. The van der Waals surface area contributed by atoms with Crippen LogP contribution in [0.5, 0.6) is 0 Å². The molecule has 0 radical (unpaired) electrons. The Balaban J connectivity index is 2.31. The molecule has 0 aliphatic rings. The quantitative estimate of drug-likeness (QED) is 0.915. The molecule has 0 aliphatic heterocycles. The first kappa shape index (κ1) is 17.7. The van der Waals surface area contributed by atoms with Crippen molar-refractivity contribution in [3.63, 3.8) is 0 Å². The summed E-state index contributed by atoms with van der Waals surface area (Å²) in [4.78, 5) is 25.4. The average molecular weight is 329 g/mol. The van der Waals surface area contributed by atoms with Crippen molar-refractivity contribution in [2.24, 2.45) is 0 Å². The van der Waals surface area contributed by atoms with Crippen LogP contribution >= 0.6 is 0 Å². The van der Waals surface area contributed by atoms with Crippen LogP contribution in [0.4, 0.5) is 0 Å². The predicted molar refractivity (Wildman–Crippen MR) is 90.8 cm³/mol. The fourth-order valence-electron chi connectivity index (χ4n) is 2.63. The molecule has 0 fully saturated rings. The monoisotopic (exact) mass is 329 g/mol. The first-order chi connectivity index (χ1) is 11.2. The van der Waals surface area contributed by atoms with E-state index in [1.54, 1.807) is 4.68 Å². The first-order valence-corrected chi connectivity index (χ1v) is 7.80. The molecule has 6 heteroatoms. The molecule has 0 bridgehead atoms. The second-order valence-corrected chi connectivity index (χ2v) is 6.77. The number of hydrogen-bond acceptors (Lipinski definition) is 3. The van der Waals surface area contributed by atoms with Crippen LogP contribution in [0.15, 0.2) is 36.5 Å². The summed E-state index contributed by atoms with van der Waals surface area (Å²) < 4.78 is 1.78. The van der Waals surface area contributed by atoms with E-state index in [1.807, 2.05) is 58.0 Å². The highest BCUT2D eigenvalue weighted by molar-refractivity contribution is 5.96. The standard InChI is InChI=1S/C18H23N3O3/c1-13-15(10-19-21(13)18(2,3)4)17(24)20(12-16(22)23)11-14-8-6-5-7-9-14/h5-10H,11-12H2,1-4H3,(H,22,23). The molecule has 0 unspecified atom stereocenters. The van der Waals surface area contributed by atoms with Gasteiger partial charge in [-0.05, 0) is 33.3 Å². The van der Waals surface area contributed by atoms with E-state index in [-0.39, 0.29) is 24.5 Å². The minimum Gasteiger partial charge on any atom is -0.480 e. The predicted octanol–water partition coefficient (Wildman–Crippen LogP) is 2.67. The molecular formula is C18H23N3O3. The summed E-state index contributed by atoms with van der Waals surface area (Å²) in [5.74, 6) is -1.37. The van der Waals surface area contributed by atoms with E-state index in [0.29, 0.717) is 5.56 Å². The number of carboxylic acid groups (broad SMARTS) is 1. The number of nitrogens with zero attached hydrogens (tertiary/aromatic N) is 3. The zero-order valence-corrected chi connectivity index (χ0v) is 14.5. The van der Waals surface area contributed by atoms with Crippen LogP contribution in [0.1, 0.15) is 42.4 Å². The van der Waals surface area contributed by atoms with Crippen LogP contribution < -0.4 is 0 Å². The molecule has 1 heterocycles. The molecule has 1 aromatic heterocycles. The maximum absolute atomic E-state index is 12.9. The van der Waals surface area contributed by atoms with Gasteiger partial charge in [-0.2, -0.15) is 5.10 Å². The smallest absolute Gasteiger partial charge is 0.323 e. The fourth-order valence-corrected chi connectivity index (χ4v) is 2.63. The summed E-state index contributed by atoms with van der Waals surface area (Å²) in [7, 11) is 0. The van der Waals surface area contributed by atoms with Gasteiger partial charge in [0.2, 0.25) is 0 Å². The summed E-state index contributed by atoms with van der Waals surface area (Å²) in [6.45, 7) is 7.72. The fraction of sp³-hybridized carbons (Fsp3) is 0.389. The van der Waals surface area contributed by atoms with Gasteiger partial charge in [0, 0.05) is 12.2 Å².